The molecular weight excluding hydrogens is 364 g/mol. The number of aryl methyl sites for hydroxylation is 1. The second-order valence-corrected chi connectivity index (χ2v) is 6.94. The largest absolute Gasteiger partial charge is 0.494 e. The van der Waals surface area contributed by atoms with Gasteiger partial charge in [-0.15, -0.1) is 0 Å². The van der Waals surface area contributed by atoms with Gasteiger partial charge >= 0.3 is 0 Å². The van der Waals surface area contributed by atoms with Gasteiger partial charge in [-0.3, -0.25) is 9.59 Å². The van der Waals surface area contributed by atoms with Gasteiger partial charge in [0.25, 0.3) is 5.91 Å². The van der Waals surface area contributed by atoms with E-state index in [1.807, 2.05) is 31.2 Å². The molecule has 0 aromatic heterocycles. The Hall–Kier alpha value is -2.53. The van der Waals surface area contributed by atoms with E-state index in [1.54, 1.807) is 18.2 Å². The highest BCUT2D eigenvalue weighted by atomic mass is 35.5. The molecule has 1 saturated carbocycles. The second-order valence-electron chi connectivity index (χ2n) is 6.53. The zero-order valence-corrected chi connectivity index (χ0v) is 16.0. The van der Waals surface area contributed by atoms with E-state index in [4.69, 9.17) is 16.3 Å². The van der Waals surface area contributed by atoms with Gasteiger partial charge in [-0.25, -0.2) is 0 Å². The lowest BCUT2D eigenvalue weighted by Crippen LogP contribution is -2.25. The Morgan fingerprint density at radius 2 is 1.96 bits per heavy atom. The van der Waals surface area contributed by atoms with Crippen LogP contribution in [0, 0.1) is 0 Å². The summed E-state index contributed by atoms with van der Waals surface area (Å²) in [4.78, 5) is 24.4. The van der Waals surface area contributed by atoms with Crippen molar-refractivity contribution in [3.8, 4) is 5.75 Å². The van der Waals surface area contributed by atoms with Crippen molar-refractivity contribution < 1.29 is 14.3 Å². The number of carbonyl (C=O) groups is 2. The summed E-state index contributed by atoms with van der Waals surface area (Å²) in [7, 11) is 0. The highest BCUT2D eigenvalue weighted by Gasteiger charge is 2.24. The van der Waals surface area contributed by atoms with E-state index in [-0.39, 0.29) is 17.9 Å². The Balaban J connectivity index is 1.56. The molecule has 2 aromatic carbocycles. The van der Waals surface area contributed by atoms with Crippen LogP contribution in [-0.2, 0) is 11.2 Å². The molecule has 2 amide bonds. The minimum atomic E-state index is -0.173. The molecule has 1 aliphatic rings. The number of para-hydroxylation sites is 1. The Labute approximate surface area is 164 Å². The number of ether oxygens (including phenoxy) is 1. The summed E-state index contributed by atoms with van der Waals surface area (Å²) >= 11 is 6.21. The number of nitrogens with one attached hydrogen (secondary N) is 2. The molecule has 0 bridgehead atoms. The van der Waals surface area contributed by atoms with Gasteiger partial charge in [0.1, 0.15) is 5.75 Å². The quantitative estimate of drug-likeness (QED) is 0.714. The lowest BCUT2D eigenvalue weighted by Gasteiger charge is -2.11. The van der Waals surface area contributed by atoms with Crippen molar-refractivity contribution in [2.45, 2.75) is 38.6 Å². The molecule has 0 unspecified atom stereocenters. The van der Waals surface area contributed by atoms with E-state index in [1.165, 1.54) is 0 Å². The Kier molecular flexibility index (Phi) is 6.35. The molecule has 0 atom stereocenters. The number of carbonyl (C=O) groups excluding carboxylic acids is 2. The third-order valence-corrected chi connectivity index (χ3v) is 4.62. The Bertz CT molecular complexity index is 834. The van der Waals surface area contributed by atoms with Gasteiger partial charge in [-0.1, -0.05) is 29.8 Å². The predicted octanol–water partition coefficient (Wildman–Crippen LogP) is 4.20. The molecule has 0 radical (unpaired) electrons. The standard InChI is InChI=1S/C21H23ClN2O3/c1-2-27-19-6-4-3-5-14(19)7-12-20(25)23-16-10-11-17(18(22)13-16)21(26)24-15-8-9-15/h3-6,10-11,13,15H,2,7-9,12H2,1H3,(H,23,25)(H,24,26). The molecule has 0 spiro atoms. The molecule has 0 aliphatic heterocycles. The first kappa shape index (κ1) is 19.2. The molecule has 27 heavy (non-hydrogen) atoms. The second kappa shape index (κ2) is 8.91. The average Bonchev–Trinajstić information content (AvgIpc) is 3.45. The summed E-state index contributed by atoms with van der Waals surface area (Å²) in [5.41, 5.74) is 2.00. The summed E-state index contributed by atoms with van der Waals surface area (Å²) in [6.45, 7) is 2.52. The van der Waals surface area contributed by atoms with Gasteiger partial charge in [0, 0.05) is 18.2 Å². The first-order valence-electron chi connectivity index (χ1n) is 9.17. The van der Waals surface area contributed by atoms with Crippen LogP contribution in [0.3, 0.4) is 0 Å². The minimum Gasteiger partial charge on any atom is -0.494 e. The van der Waals surface area contributed by atoms with Crippen molar-refractivity contribution in [2.75, 3.05) is 11.9 Å². The van der Waals surface area contributed by atoms with E-state index in [0.717, 1.165) is 24.2 Å². The van der Waals surface area contributed by atoms with Crippen molar-refractivity contribution in [1.29, 1.82) is 0 Å². The van der Waals surface area contributed by atoms with Crippen molar-refractivity contribution in [1.82, 2.24) is 5.32 Å². The van der Waals surface area contributed by atoms with Crippen LogP contribution in [0.25, 0.3) is 0 Å². The molecule has 6 heteroatoms. The van der Waals surface area contributed by atoms with Crippen LogP contribution in [0.1, 0.15) is 42.1 Å². The fourth-order valence-electron chi connectivity index (χ4n) is 2.75. The SMILES string of the molecule is CCOc1ccccc1CCC(=O)Nc1ccc(C(=O)NC2CC2)c(Cl)c1. The molecule has 1 fully saturated rings. The number of hydrogen-bond acceptors (Lipinski definition) is 3. The Morgan fingerprint density at radius 3 is 2.67 bits per heavy atom. The van der Waals surface area contributed by atoms with Crippen molar-refractivity contribution in [2.24, 2.45) is 0 Å². The topological polar surface area (TPSA) is 67.4 Å². The third kappa shape index (κ3) is 5.47. The van der Waals surface area contributed by atoms with Crippen LogP contribution >= 0.6 is 11.6 Å². The molecule has 5 nitrogen and oxygen atoms in total. The van der Waals surface area contributed by atoms with Crippen molar-refractivity contribution in [3.63, 3.8) is 0 Å². The molecule has 142 valence electrons. The molecule has 2 N–H and O–H groups in total. The lowest BCUT2D eigenvalue weighted by molar-refractivity contribution is -0.116. The van der Waals surface area contributed by atoms with Crippen molar-refractivity contribution in [3.05, 3.63) is 58.6 Å². The number of anilines is 1. The van der Waals surface area contributed by atoms with Crippen LogP contribution in [0.2, 0.25) is 5.02 Å². The number of amides is 2. The van der Waals surface area contributed by atoms with Gasteiger partial charge in [0.2, 0.25) is 5.91 Å². The van der Waals surface area contributed by atoms with Crippen LogP contribution in [0.4, 0.5) is 5.69 Å². The molecular formula is C21H23ClN2O3. The summed E-state index contributed by atoms with van der Waals surface area (Å²) in [5, 5.41) is 6.06. The maximum Gasteiger partial charge on any atom is 0.253 e. The highest BCUT2D eigenvalue weighted by molar-refractivity contribution is 6.34. The highest BCUT2D eigenvalue weighted by Crippen LogP contribution is 2.24. The number of benzene rings is 2. The predicted molar refractivity (Wildman–Crippen MR) is 107 cm³/mol. The third-order valence-electron chi connectivity index (χ3n) is 4.30. The van der Waals surface area contributed by atoms with E-state index < -0.39 is 0 Å². The maximum absolute atomic E-state index is 12.3. The fourth-order valence-corrected chi connectivity index (χ4v) is 3.01. The van der Waals surface area contributed by atoms with Gasteiger partial charge in [-0.05, 0) is 56.0 Å². The van der Waals surface area contributed by atoms with Crippen LogP contribution in [0.5, 0.6) is 5.75 Å². The molecule has 3 rings (SSSR count). The van der Waals surface area contributed by atoms with Crippen LogP contribution in [0.15, 0.2) is 42.5 Å². The van der Waals surface area contributed by atoms with Crippen LogP contribution in [-0.4, -0.2) is 24.5 Å². The van der Waals surface area contributed by atoms with Gasteiger partial charge < -0.3 is 15.4 Å². The molecule has 1 aliphatic carbocycles. The van der Waals surface area contributed by atoms with E-state index in [0.29, 0.717) is 35.7 Å². The molecule has 2 aromatic rings. The van der Waals surface area contributed by atoms with Gasteiger partial charge in [0.05, 0.1) is 17.2 Å². The molecule has 0 saturated heterocycles. The Morgan fingerprint density at radius 1 is 1.19 bits per heavy atom. The summed E-state index contributed by atoms with van der Waals surface area (Å²) in [6.07, 6.45) is 2.94. The average molecular weight is 387 g/mol. The first-order chi connectivity index (χ1) is 13.1. The monoisotopic (exact) mass is 386 g/mol. The number of halogens is 1. The first-order valence-corrected chi connectivity index (χ1v) is 9.55. The van der Waals surface area contributed by atoms with E-state index in [2.05, 4.69) is 10.6 Å². The lowest BCUT2D eigenvalue weighted by atomic mass is 10.1. The number of rotatable bonds is 8. The summed E-state index contributed by atoms with van der Waals surface area (Å²) in [5.74, 6) is 0.516. The summed E-state index contributed by atoms with van der Waals surface area (Å²) < 4.78 is 5.58. The van der Waals surface area contributed by atoms with Crippen molar-refractivity contribution >= 4 is 29.1 Å². The summed E-state index contributed by atoms with van der Waals surface area (Å²) in [6, 6.07) is 12.9. The molecule has 0 heterocycles. The normalized spacial score (nSPS) is 13.1. The fraction of sp³-hybridized carbons (Fsp3) is 0.333. The smallest absolute Gasteiger partial charge is 0.253 e. The minimum absolute atomic E-state index is 0.118. The van der Waals surface area contributed by atoms with Gasteiger partial charge in [0.15, 0.2) is 0 Å². The maximum atomic E-state index is 12.3. The zero-order valence-electron chi connectivity index (χ0n) is 15.3. The van der Waals surface area contributed by atoms with Crippen LogP contribution < -0.4 is 15.4 Å². The number of hydrogen-bond donors (Lipinski definition) is 2. The van der Waals surface area contributed by atoms with E-state index in [9.17, 15) is 9.59 Å². The van der Waals surface area contributed by atoms with E-state index >= 15 is 0 Å². The zero-order chi connectivity index (χ0) is 19.2. The van der Waals surface area contributed by atoms with Gasteiger partial charge in [-0.2, -0.15) is 0 Å².